The maximum absolute atomic E-state index is 12.7. The molecular weight excluding hydrogens is 235 g/mol. The molecule has 0 aromatic carbocycles. The van der Waals surface area contributed by atoms with E-state index in [0.717, 1.165) is 0 Å². The Balaban J connectivity index is 2.25. The zero-order chi connectivity index (χ0) is 11.8. The molecule has 1 aliphatic rings. The summed E-state index contributed by atoms with van der Waals surface area (Å²) in [6.45, 7) is -0.172. The van der Waals surface area contributed by atoms with E-state index in [1.165, 1.54) is 11.1 Å². The average Bonchev–Trinajstić information content (AvgIpc) is 2.61. The second-order valence-corrected chi connectivity index (χ2v) is 5.11. The van der Waals surface area contributed by atoms with Gasteiger partial charge in [0.15, 0.2) is 0 Å². The van der Waals surface area contributed by atoms with Crippen LogP contribution in [-0.4, -0.2) is 31.1 Å². The van der Waals surface area contributed by atoms with E-state index in [2.05, 4.69) is 4.98 Å². The quantitative estimate of drug-likeness (QED) is 0.710. The third-order valence-electron chi connectivity index (χ3n) is 2.41. The van der Waals surface area contributed by atoms with Crippen molar-refractivity contribution in [2.75, 3.05) is 11.4 Å². The van der Waals surface area contributed by atoms with Gasteiger partial charge in [-0.05, 0) is 12.1 Å². The zero-order valence-electron chi connectivity index (χ0n) is 8.21. The fourth-order valence-electron chi connectivity index (χ4n) is 1.60. The second kappa shape index (κ2) is 3.82. The Hall–Kier alpha value is -1.50. The SMILES string of the molecule is O=C1CC(S(=O)(=O)F)CN1c1ccccn1. The predicted molar refractivity (Wildman–Crippen MR) is 55.0 cm³/mol. The fourth-order valence-corrected chi connectivity index (χ4v) is 2.27. The highest BCUT2D eigenvalue weighted by Crippen LogP contribution is 2.23. The van der Waals surface area contributed by atoms with Crippen LogP contribution >= 0.6 is 0 Å². The van der Waals surface area contributed by atoms with E-state index >= 15 is 0 Å². The van der Waals surface area contributed by atoms with Gasteiger partial charge >= 0.3 is 10.2 Å². The number of hydrogen-bond acceptors (Lipinski definition) is 4. The van der Waals surface area contributed by atoms with Gasteiger partial charge in [-0.2, -0.15) is 8.42 Å². The van der Waals surface area contributed by atoms with Gasteiger partial charge in [-0.1, -0.05) is 6.07 Å². The molecule has 7 heteroatoms. The van der Waals surface area contributed by atoms with Gasteiger partial charge < -0.3 is 0 Å². The molecule has 0 aliphatic carbocycles. The number of carbonyl (C=O) groups is 1. The first-order valence-corrected chi connectivity index (χ1v) is 6.08. The minimum Gasteiger partial charge on any atom is -0.295 e. The summed E-state index contributed by atoms with van der Waals surface area (Å²) in [5.41, 5.74) is 0. The molecule has 1 amide bonds. The number of pyridine rings is 1. The molecule has 5 nitrogen and oxygen atoms in total. The van der Waals surface area contributed by atoms with E-state index < -0.39 is 21.4 Å². The first-order valence-electron chi connectivity index (χ1n) is 4.63. The van der Waals surface area contributed by atoms with Gasteiger partial charge in [-0.3, -0.25) is 9.69 Å². The monoisotopic (exact) mass is 244 g/mol. The van der Waals surface area contributed by atoms with Crippen LogP contribution < -0.4 is 4.90 Å². The summed E-state index contributed by atoms with van der Waals surface area (Å²) in [7, 11) is -4.67. The van der Waals surface area contributed by atoms with Crippen molar-refractivity contribution in [2.24, 2.45) is 0 Å². The molecule has 2 heterocycles. The van der Waals surface area contributed by atoms with Gasteiger partial charge in [0, 0.05) is 19.2 Å². The van der Waals surface area contributed by atoms with Crippen molar-refractivity contribution >= 4 is 21.9 Å². The van der Waals surface area contributed by atoms with E-state index in [0.29, 0.717) is 5.82 Å². The van der Waals surface area contributed by atoms with Crippen LogP contribution in [0.3, 0.4) is 0 Å². The number of rotatable bonds is 2. The first kappa shape index (κ1) is 11.0. The summed E-state index contributed by atoms with van der Waals surface area (Å²) >= 11 is 0. The lowest BCUT2D eigenvalue weighted by Gasteiger charge is -2.13. The highest BCUT2D eigenvalue weighted by Gasteiger charge is 2.39. The highest BCUT2D eigenvalue weighted by atomic mass is 32.3. The smallest absolute Gasteiger partial charge is 0.295 e. The number of nitrogens with zero attached hydrogens (tertiary/aromatic N) is 2. The van der Waals surface area contributed by atoms with E-state index in [9.17, 15) is 17.1 Å². The molecule has 0 saturated carbocycles. The number of hydrogen-bond donors (Lipinski definition) is 0. The lowest BCUT2D eigenvalue weighted by Crippen LogP contribution is -2.27. The Morgan fingerprint density at radius 1 is 1.44 bits per heavy atom. The Labute approximate surface area is 92.1 Å². The van der Waals surface area contributed by atoms with Crippen LogP contribution in [0.1, 0.15) is 6.42 Å². The molecule has 1 atom stereocenters. The minimum atomic E-state index is -4.67. The highest BCUT2D eigenvalue weighted by molar-refractivity contribution is 7.87. The first-order chi connectivity index (χ1) is 7.48. The normalized spacial score (nSPS) is 21.4. The lowest BCUT2D eigenvalue weighted by molar-refractivity contribution is -0.117. The van der Waals surface area contributed by atoms with Gasteiger partial charge in [0.25, 0.3) is 0 Å². The standard InChI is InChI=1S/C9H9FN2O3S/c10-16(14,15)7-5-9(13)12(6-7)8-3-1-2-4-11-8/h1-4,7H,5-6H2. The number of anilines is 1. The molecule has 0 bridgehead atoms. The van der Waals surface area contributed by atoms with Crippen molar-refractivity contribution in [1.82, 2.24) is 4.98 Å². The molecule has 1 aliphatic heterocycles. The van der Waals surface area contributed by atoms with Crippen molar-refractivity contribution in [2.45, 2.75) is 11.7 Å². The zero-order valence-corrected chi connectivity index (χ0v) is 9.02. The van der Waals surface area contributed by atoms with Crippen LogP contribution in [0.4, 0.5) is 9.70 Å². The third kappa shape index (κ3) is 2.04. The Kier molecular flexibility index (Phi) is 2.63. The summed E-state index contributed by atoms with van der Waals surface area (Å²) < 4.78 is 34.1. The Morgan fingerprint density at radius 3 is 2.69 bits per heavy atom. The Morgan fingerprint density at radius 2 is 2.19 bits per heavy atom. The van der Waals surface area contributed by atoms with Gasteiger partial charge in [-0.15, -0.1) is 3.89 Å². The molecule has 86 valence electrons. The average molecular weight is 244 g/mol. The molecule has 0 radical (unpaired) electrons. The largest absolute Gasteiger partial charge is 0.307 e. The molecule has 1 unspecified atom stereocenters. The molecule has 1 aromatic rings. The number of amides is 1. The van der Waals surface area contributed by atoms with E-state index in [1.54, 1.807) is 18.2 Å². The van der Waals surface area contributed by atoms with Crippen LogP contribution in [-0.2, 0) is 15.0 Å². The predicted octanol–water partition coefficient (Wildman–Crippen LogP) is 0.486. The molecule has 0 spiro atoms. The van der Waals surface area contributed by atoms with Crippen molar-refractivity contribution < 1.29 is 17.1 Å². The van der Waals surface area contributed by atoms with E-state index in [1.807, 2.05) is 0 Å². The lowest BCUT2D eigenvalue weighted by atomic mass is 10.4. The summed E-state index contributed by atoms with van der Waals surface area (Å²) in [6.07, 6.45) is 1.16. The molecule has 1 saturated heterocycles. The fraction of sp³-hybridized carbons (Fsp3) is 0.333. The van der Waals surface area contributed by atoms with E-state index in [-0.39, 0.29) is 13.0 Å². The van der Waals surface area contributed by atoms with Crippen molar-refractivity contribution in [3.63, 3.8) is 0 Å². The molecule has 1 fully saturated rings. The van der Waals surface area contributed by atoms with Crippen molar-refractivity contribution in [3.05, 3.63) is 24.4 Å². The van der Waals surface area contributed by atoms with Crippen LogP contribution in [0.25, 0.3) is 0 Å². The molecular formula is C9H9FN2O3S. The maximum Gasteiger partial charge on any atom is 0.307 e. The summed E-state index contributed by atoms with van der Waals surface area (Å²) in [5, 5.41) is -1.28. The summed E-state index contributed by atoms with van der Waals surface area (Å²) in [5.74, 6) is -0.0800. The van der Waals surface area contributed by atoms with Gasteiger partial charge in [0.2, 0.25) is 5.91 Å². The topological polar surface area (TPSA) is 67.3 Å². The third-order valence-corrected chi connectivity index (χ3v) is 3.53. The minimum absolute atomic E-state index is 0.172. The number of halogens is 1. The van der Waals surface area contributed by atoms with Crippen molar-refractivity contribution in [1.29, 1.82) is 0 Å². The maximum atomic E-state index is 12.7. The summed E-state index contributed by atoms with van der Waals surface area (Å²) in [6, 6.07) is 4.92. The number of aromatic nitrogens is 1. The molecule has 16 heavy (non-hydrogen) atoms. The molecule has 1 aromatic heterocycles. The van der Waals surface area contributed by atoms with Crippen LogP contribution in [0.15, 0.2) is 24.4 Å². The van der Waals surface area contributed by atoms with E-state index in [4.69, 9.17) is 0 Å². The molecule has 0 N–H and O–H groups in total. The van der Waals surface area contributed by atoms with Gasteiger partial charge in [-0.25, -0.2) is 4.98 Å². The van der Waals surface area contributed by atoms with Crippen LogP contribution in [0, 0.1) is 0 Å². The number of carbonyl (C=O) groups excluding carboxylic acids is 1. The van der Waals surface area contributed by atoms with Gasteiger partial charge in [0.1, 0.15) is 11.1 Å². The van der Waals surface area contributed by atoms with Crippen molar-refractivity contribution in [3.8, 4) is 0 Å². The van der Waals surface area contributed by atoms with Gasteiger partial charge in [0.05, 0.1) is 0 Å². The molecule has 2 rings (SSSR count). The second-order valence-electron chi connectivity index (χ2n) is 3.49. The van der Waals surface area contributed by atoms with Crippen LogP contribution in [0.5, 0.6) is 0 Å². The van der Waals surface area contributed by atoms with Crippen LogP contribution in [0.2, 0.25) is 0 Å². The Bertz CT molecular complexity index is 503. The summed E-state index contributed by atoms with van der Waals surface area (Å²) in [4.78, 5) is 16.6.